The molecule has 1 aromatic carbocycles. The summed E-state index contributed by atoms with van der Waals surface area (Å²) in [7, 11) is 4.94. The zero-order valence-corrected chi connectivity index (χ0v) is 12.2. The Labute approximate surface area is 114 Å². The van der Waals surface area contributed by atoms with Crippen molar-refractivity contribution < 1.29 is 14.3 Å². The predicted molar refractivity (Wildman–Crippen MR) is 76.2 cm³/mol. The molecule has 0 aliphatic heterocycles. The summed E-state index contributed by atoms with van der Waals surface area (Å²) in [6, 6.07) is 3.67. The van der Waals surface area contributed by atoms with Crippen LogP contribution in [-0.4, -0.2) is 40.3 Å². The van der Waals surface area contributed by atoms with Gasteiger partial charge >= 0.3 is 0 Å². The highest BCUT2D eigenvalue weighted by Crippen LogP contribution is 2.36. The fraction of sp³-hybridized carbons (Fsp3) is 0.500. The number of benzene rings is 1. The molecule has 0 unspecified atom stereocenters. The Kier molecular flexibility index (Phi) is 5.63. The molecule has 19 heavy (non-hydrogen) atoms. The van der Waals surface area contributed by atoms with Gasteiger partial charge in [-0.05, 0) is 25.6 Å². The second-order valence-corrected chi connectivity index (χ2v) is 4.18. The number of nitrogens with one attached hydrogen (secondary N) is 1. The number of rotatable bonds is 6. The molecular formula is C14H22N2O3. The molecule has 5 heteroatoms. The summed E-state index contributed by atoms with van der Waals surface area (Å²) in [4.78, 5) is 13.6. The van der Waals surface area contributed by atoms with Gasteiger partial charge in [-0.1, -0.05) is 6.92 Å². The monoisotopic (exact) mass is 266 g/mol. The second kappa shape index (κ2) is 6.99. The van der Waals surface area contributed by atoms with Crippen LogP contribution in [0, 0.1) is 6.92 Å². The number of ether oxygens (including phenoxy) is 2. The van der Waals surface area contributed by atoms with Crippen molar-refractivity contribution in [3.8, 4) is 11.5 Å². The molecule has 1 amide bonds. The van der Waals surface area contributed by atoms with Crippen molar-refractivity contribution in [2.75, 3.05) is 39.3 Å². The van der Waals surface area contributed by atoms with Crippen LogP contribution in [0.3, 0.4) is 0 Å². The molecule has 1 aromatic rings. The van der Waals surface area contributed by atoms with E-state index in [-0.39, 0.29) is 5.91 Å². The van der Waals surface area contributed by atoms with Crippen LogP contribution in [0.15, 0.2) is 12.1 Å². The van der Waals surface area contributed by atoms with Gasteiger partial charge in [0.1, 0.15) is 11.5 Å². The molecule has 106 valence electrons. The number of anilines is 1. The van der Waals surface area contributed by atoms with E-state index in [1.54, 1.807) is 26.2 Å². The van der Waals surface area contributed by atoms with Gasteiger partial charge in [-0.25, -0.2) is 0 Å². The maximum atomic E-state index is 12.0. The van der Waals surface area contributed by atoms with Crippen LogP contribution in [0.4, 0.5) is 5.69 Å². The van der Waals surface area contributed by atoms with Gasteiger partial charge in [0.15, 0.2) is 0 Å². The molecule has 0 fully saturated rings. The molecule has 1 N–H and O–H groups in total. The van der Waals surface area contributed by atoms with Gasteiger partial charge in [-0.15, -0.1) is 0 Å². The first-order valence-electron chi connectivity index (χ1n) is 6.25. The summed E-state index contributed by atoms with van der Waals surface area (Å²) in [6.07, 6.45) is 0. The smallest absolute Gasteiger partial charge is 0.240 e. The Balaban J connectivity index is 3.06. The topological polar surface area (TPSA) is 50.8 Å². The molecule has 0 atom stereocenters. The van der Waals surface area contributed by atoms with Crippen molar-refractivity contribution in [1.29, 1.82) is 0 Å². The first-order chi connectivity index (χ1) is 9.06. The third kappa shape index (κ3) is 3.38. The number of likely N-dealkylation sites (N-methyl/N-ethyl adjacent to an activating group) is 2. The lowest BCUT2D eigenvalue weighted by atomic mass is 10.1. The second-order valence-electron chi connectivity index (χ2n) is 4.18. The summed E-state index contributed by atoms with van der Waals surface area (Å²) in [5.74, 6) is 1.39. The molecule has 0 aromatic heterocycles. The predicted octanol–water partition coefficient (Wildman–Crippen LogP) is 1.58. The molecular weight excluding hydrogens is 244 g/mol. The Morgan fingerprint density at radius 1 is 1.32 bits per heavy atom. The molecule has 0 spiro atoms. The van der Waals surface area contributed by atoms with Gasteiger partial charge in [-0.2, -0.15) is 0 Å². The first kappa shape index (κ1) is 15.3. The van der Waals surface area contributed by atoms with E-state index >= 15 is 0 Å². The van der Waals surface area contributed by atoms with Crippen molar-refractivity contribution in [3.63, 3.8) is 0 Å². The minimum atomic E-state index is -0.00952. The maximum Gasteiger partial charge on any atom is 0.240 e. The normalized spacial score (nSPS) is 10.2. The van der Waals surface area contributed by atoms with E-state index in [1.807, 2.05) is 26.0 Å². The average Bonchev–Trinajstić information content (AvgIpc) is 2.43. The van der Waals surface area contributed by atoms with E-state index in [2.05, 4.69) is 5.32 Å². The average molecular weight is 266 g/mol. The summed E-state index contributed by atoms with van der Waals surface area (Å²) < 4.78 is 10.7. The van der Waals surface area contributed by atoms with Gasteiger partial charge in [0.25, 0.3) is 0 Å². The molecule has 0 aliphatic carbocycles. The van der Waals surface area contributed by atoms with Crippen LogP contribution in [-0.2, 0) is 4.79 Å². The number of carbonyl (C=O) groups is 1. The first-order valence-corrected chi connectivity index (χ1v) is 6.25. The van der Waals surface area contributed by atoms with Crippen LogP contribution in [0.2, 0.25) is 0 Å². The molecule has 5 nitrogen and oxygen atoms in total. The van der Waals surface area contributed by atoms with Crippen molar-refractivity contribution in [2.24, 2.45) is 0 Å². The van der Waals surface area contributed by atoms with Gasteiger partial charge in [0, 0.05) is 12.6 Å². The molecule has 0 saturated heterocycles. The highest BCUT2D eigenvalue weighted by atomic mass is 16.5. The Bertz CT molecular complexity index is 447. The van der Waals surface area contributed by atoms with Crippen molar-refractivity contribution in [3.05, 3.63) is 17.7 Å². The highest BCUT2D eigenvalue weighted by molar-refractivity contribution is 5.96. The van der Waals surface area contributed by atoms with E-state index in [0.29, 0.717) is 12.3 Å². The summed E-state index contributed by atoms with van der Waals surface area (Å²) in [6.45, 7) is 4.94. The minimum Gasteiger partial charge on any atom is -0.496 e. The van der Waals surface area contributed by atoms with Crippen molar-refractivity contribution in [1.82, 2.24) is 5.32 Å². The highest BCUT2D eigenvalue weighted by Gasteiger charge is 2.18. The lowest BCUT2D eigenvalue weighted by Crippen LogP contribution is -2.35. The van der Waals surface area contributed by atoms with E-state index in [0.717, 1.165) is 23.5 Å². The van der Waals surface area contributed by atoms with Crippen molar-refractivity contribution >= 4 is 11.6 Å². The third-order valence-electron chi connectivity index (χ3n) is 3.02. The fourth-order valence-corrected chi connectivity index (χ4v) is 1.89. The lowest BCUT2D eigenvalue weighted by Gasteiger charge is -2.22. The number of amides is 1. The van der Waals surface area contributed by atoms with E-state index in [4.69, 9.17) is 9.47 Å². The molecule has 0 heterocycles. The largest absolute Gasteiger partial charge is 0.496 e. The van der Waals surface area contributed by atoms with Crippen molar-refractivity contribution in [2.45, 2.75) is 13.8 Å². The Morgan fingerprint density at radius 3 is 2.53 bits per heavy atom. The fourth-order valence-electron chi connectivity index (χ4n) is 1.89. The van der Waals surface area contributed by atoms with E-state index < -0.39 is 0 Å². The van der Waals surface area contributed by atoms with Gasteiger partial charge < -0.3 is 19.7 Å². The number of nitrogens with zero attached hydrogens (tertiary/aromatic N) is 1. The molecule has 1 rings (SSSR count). The standard InChI is InChI=1S/C14H22N2O3/c1-6-15-9-13(17)16(3)11-7-8-12(18-4)10(2)14(11)19-5/h7-8,15H,6,9H2,1-5H3. The number of hydrogen-bond acceptors (Lipinski definition) is 4. The quantitative estimate of drug-likeness (QED) is 0.849. The summed E-state index contributed by atoms with van der Waals surface area (Å²) in [5.41, 5.74) is 1.62. The van der Waals surface area contributed by atoms with Crippen LogP contribution in [0.5, 0.6) is 11.5 Å². The SMILES string of the molecule is CCNCC(=O)N(C)c1ccc(OC)c(C)c1OC. The minimum absolute atomic E-state index is 0.00952. The maximum absolute atomic E-state index is 12.0. The van der Waals surface area contributed by atoms with Crippen LogP contribution in [0.1, 0.15) is 12.5 Å². The van der Waals surface area contributed by atoms with Crippen LogP contribution in [0.25, 0.3) is 0 Å². The van der Waals surface area contributed by atoms with Crippen LogP contribution < -0.4 is 19.7 Å². The van der Waals surface area contributed by atoms with Gasteiger partial charge in [0.2, 0.25) is 5.91 Å². The summed E-state index contributed by atoms with van der Waals surface area (Å²) >= 11 is 0. The Hall–Kier alpha value is -1.75. The molecule has 0 radical (unpaired) electrons. The molecule has 0 saturated carbocycles. The zero-order valence-electron chi connectivity index (χ0n) is 12.2. The number of carbonyl (C=O) groups excluding carboxylic acids is 1. The lowest BCUT2D eigenvalue weighted by molar-refractivity contribution is -0.117. The zero-order chi connectivity index (χ0) is 14.4. The third-order valence-corrected chi connectivity index (χ3v) is 3.02. The molecule has 0 aliphatic rings. The van der Waals surface area contributed by atoms with E-state index in [1.165, 1.54) is 0 Å². The number of hydrogen-bond donors (Lipinski definition) is 1. The molecule has 0 bridgehead atoms. The van der Waals surface area contributed by atoms with E-state index in [9.17, 15) is 4.79 Å². The van der Waals surface area contributed by atoms with Crippen LogP contribution >= 0.6 is 0 Å². The van der Waals surface area contributed by atoms with Gasteiger partial charge in [0.05, 0.1) is 26.5 Å². The summed E-state index contributed by atoms with van der Waals surface area (Å²) in [5, 5.41) is 3.02. The van der Waals surface area contributed by atoms with Gasteiger partial charge in [-0.3, -0.25) is 4.79 Å². The Morgan fingerprint density at radius 2 is 2.00 bits per heavy atom. The number of methoxy groups -OCH3 is 2.